The summed E-state index contributed by atoms with van der Waals surface area (Å²) in [4.78, 5) is 14.4. The Hall–Kier alpha value is -0.740. The zero-order valence-corrected chi connectivity index (χ0v) is 13.6. The van der Waals surface area contributed by atoms with Gasteiger partial charge in [0.25, 0.3) is 5.91 Å². The second-order valence-corrected chi connectivity index (χ2v) is 5.41. The number of amides is 1. The Morgan fingerprint density at radius 3 is 2.74 bits per heavy atom. The Morgan fingerprint density at radius 2 is 2.16 bits per heavy atom. The van der Waals surface area contributed by atoms with Crippen LogP contribution in [0.5, 0.6) is 5.75 Å². The lowest BCUT2D eigenvalue weighted by Gasteiger charge is -2.22. The molecule has 3 nitrogen and oxygen atoms in total. The largest absolute Gasteiger partial charge is 0.496 e. The molecule has 19 heavy (non-hydrogen) atoms. The van der Waals surface area contributed by atoms with Crippen LogP contribution in [-0.4, -0.2) is 36.3 Å². The van der Waals surface area contributed by atoms with E-state index in [0.717, 1.165) is 24.7 Å². The lowest BCUT2D eigenvalue weighted by atomic mass is 10.1. The molecule has 0 N–H and O–H groups in total. The normalized spacial score (nSPS) is 10.3. The first-order chi connectivity index (χ1) is 9.13. The van der Waals surface area contributed by atoms with Crippen molar-refractivity contribution in [3.63, 3.8) is 0 Å². The number of halogens is 2. The first-order valence-corrected chi connectivity index (χ1v) is 7.82. The fourth-order valence-corrected chi connectivity index (χ4v) is 2.38. The van der Waals surface area contributed by atoms with Crippen molar-refractivity contribution in [2.75, 3.05) is 25.5 Å². The summed E-state index contributed by atoms with van der Waals surface area (Å²) in [5.74, 6) is 0.526. The van der Waals surface area contributed by atoms with Gasteiger partial charge in [-0.15, -0.1) is 0 Å². The molecule has 0 spiro atoms. The van der Waals surface area contributed by atoms with E-state index in [-0.39, 0.29) is 5.91 Å². The predicted molar refractivity (Wildman–Crippen MR) is 82.6 cm³/mol. The average molecular weight is 349 g/mol. The third-order valence-corrected chi connectivity index (χ3v) is 3.40. The van der Waals surface area contributed by atoms with Gasteiger partial charge in [-0.25, -0.2) is 0 Å². The van der Waals surface area contributed by atoms with Crippen LogP contribution < -0.4 is 4.74 Å². The zero-order chi connectivity index (χ0) is 14.3. The van der Waals surface area contributed by atoms with Gasteiger partial charge in [0.15, 0.2) is 0 Å². The summed E-state index contributed by atoms with van der Waals surface area (Å²) < 4.78 is 5.24. The second-order valence-electron chi connectivity index (χ2n) is 4.18. The highest BCUT2D eigenvalue weighted by molar-refractivity contribution is 9.09. The van der Waals surface area contributed by atoms with Gasteiger partial charge in [-0.2, -0.15) is 0 Å². The van der Waals surface area contributed by atoms with E-state index in [1.807, 2.05) is 4.90 Å². The van der Waals surface area contributed by atoms with Crippen LogP contribution >= 0.6 is 27.5 Å². The molecule has 0 atom stereocenters. The lowest BCUT2D eigenvalue weighted by Crippen LogP contribution is -2.33. The molecule has 0 bridgehead atoms. The van der Waals surface area contributed by atoms with Crippen molar-refractivity contribution in [1.29, 1.82) is 0 Å². The van der Waals surface area contributed by atoms with Gasteiger partial charge in [0, 0.05) is 23.4 Å². The highest BCUT2D eigenvalue weighted by Gasteiger charge is 2.19. The Bertz CT molecular complexity index is 426. The van der Waals surface area contributed by atoms with Gasteiger partial charge >= 0.3 is 0 Å². The van der Waals surface area contributed by atoms with E-state index in [1.165, 1.54) is 0 Å². The molecular formula is C14H19BrClNO2. The van der Waals surface area contributed by atoms with Crippen LogP contribution in [-0.2, 0) is 0 Å². The van der Waals surface area contributed by atoms with Gasteiger partial charge in [-0.05, 0) is 24.6 Å². The summed E-state index contributed by atoms with van der Waals surface area (Å²) in [6, 6.07) is 5.11. The van der Waals surface area contributed by atoms with E-state index in [0.29, 0.717) is 22.9 Å². The van der Waals surface area contributed by atoms with Crippen LogP contribution in [0, 0.1) is 0 Å². The van der Waals surface area contributed by atoms with Crippen LogP contribution in [0.2, 0.25) is 5.02 Å². The number of carbonyl (C=O) groups is 1. The summed E-state index contributed by atoms with van der Waals surface area (Å²) in [5, 5.41) is 1.30. The van der Waals surface area contributed by atoms with Gasteiger partial charge in [-0.1, -0.05) is 40.9 Å². The molecule has 5 heteroatoms. The van der Waals surface area contributed by atoms with Gasteiger partial charge < -0.3 is 9.64 Å². The Kier molecular flexibility index (Phi) is 7.24. The second kappa shape index (κ2) is 8.43. The molecule has 1 aromatic rings. The minimum atomic E-state index is -0.0350. The molecule has 0 saturated carbocycles. The van der Waals surface area contributed by atoms with Crippen molar-refractivity contribution in [2.45, 2.75) is 19.8 Å². The number of methoxy groups -OCH3 is 1. The van der Waals surface area contributed by atoms with Gasteiger partial charge in [-0.3, -0.25) is 4.79 Å². The molecular weight excluding hydrogens is 330 g/mol. The molecule has 0 saturated heterocycles. The van der Waals surface area contributed by atoms with Crippen molar-refractivity contribution >= 4 is 33.4 Å². The first kappa shape index (κ1) is 16.3. The third kappa shape index (κ3) is 4.69. The van der Waals surface area contributed by atoms with Gasteiger partial charge in [0.1, 0.15) is 5.75 Å². The Labute approximate surface area is 128 Å². The fourth-order valence-electron chi connectivity index (χ4n) is 1.78. The monoisotopic (exact) mass is 347 g/mol. The maximum Gasteiger partial charge on any atom is 0.257 e. The molecule has 0 radical (unpaired) electrons. The smallest absolute Gasteiger partial charge is 0.257 e. The number of rotatable bonds is 7. The molecule has 1 aromatic carbocycles. The van der Waals surface area contributed by atoms with Gasteiger partial charge in [0.05, 0.1) is 12.7 Å². The van der Waals surface area contributed by atoms with Crippen LogP contribution in [0.15, 0.2) is 18.2 Å². The summed E-state index contributed by atoms with van der Waals surface area (Å²) in [7, 11) is 1.56. The number of alkyl halides is 1. The third-order valence-electron chi connectivity index (χ3n) is 2.82. The molecule has 0 fully saturated rings. The molecule has 0 aliphatic carbocycles. The van der Waals surface area contributed by atoms with Crippen molar-refractivity contribution in [1.82, 2.24) is 4.90 Å². The molecule has 106 valence electrons. The van der Waals surface area contributed by atoms with Crippen molar-refractivity contribution < 1.29 is 9.53 Å². The Balaban J connectivity index is 2.97. The van der Waals surface area contributed by atoms with E-state index in [1.54, 1.807) is 25.3 Å². The first-order valence-electron chi connectivity index (χ1n) is 6.32. The number of carbonyl (C=O) groups excluding carboxylic acids is 1. The van der Waals surface area contributed by atoms with Crippen molar-refractivity contribution in [3.05, 3.63) is 28.8 Å². The fraction of sp³-hybridized carbons (Fsp3) is 0.500. The molecule has 0 aliphatic rings. The summed E-state index contributed by atoms with van der Waals surface area (Å²) in [6.45, 7) is 3.53. The molecule has 0 unspecified atom stereocenters. The standard InChI is InChI=1S/C14H19BrClNO2/c1-3-4-8-17(9-7-15)14(18)12-10-11(16)5-6-13(12)19-2/h5-6,10H,3-4,7-9H2,1-2H3. The number of benzene rings is 1. The quantitative estimate of drug-likeness (QED) is 0.697. The number of unbranched alkanes of at least 4 members (excludes halogenated alkanes) is 1. The maximum atomic E-state index is 12.5. The van der Waals surface area contributed by atoms with Gasteiger partial charge in [0.2, 0.25) is 0 Å². The molecule has 0 aliphatic heterocycles. The number of nitrogens with zero attached hydrogens (tertiary/aromatic N) is 1. The lowest BCUT2D eigenvalue weighted by molar-refractivity contribution is 0.0761. The summed E-state index contributed by atoms with van der Waals surface area (Å²) >= 11 is 9.35. The molecule has 0 heterocycles. The minimum absolute atomic E-state index is 0.0350. The summed E-state index contributed by atoms with van der Waals surface area (Å²) in [6.07, 6.45) is 2.04. The van der Waals surface area contributed by atoms with Crippen molar-refractivity contribution in [2.24, 2.45) is 0 Å². The highest BCUT2D eigenvalue weighted by Crippen LogP contribution is 2.24. The van der Waals surface area contributed by atoms with Crippen LogP contribution in [0.3, 0.4) is 0 Å². The van der Waals surface area contributed by atoms with E-state index in [9.17, 15) is 4.79 Å². The zero-order valence-electron chi connectivity index (χ0n) is 11.3. The van der Waals surface area contributed by atoms with Crippen LogP contribution in [0.1, 0.15) is 30.1 Å². The SMILES string of the molecule is CCCCN(CCBr)C(=O)c1cc(Cl)ccc1OC. The van der Waals surface area contributed by atoms with E-state index < -0.39 is 0 Å². The molecule has 1 amide bonds. The molecule has 1 rings (SSSR count). The average Bonchev–Trinajstić information content (AvgIpc) is 2.42. The number of hydrogen-bond donors (Lipinski definition) is 0. The highest BCUT2D eigenvalue weighted by atomic mass is 79.9. The van der Waals surface area contributed by atoms with E-state index in [4.69, 9.17) is 16.3 Å². The topological polar surface area (TPSA) is 29.5 Å². The minimum Gasteiger partial charge on any atom is -0.496 e. The number of ether oxygens (including phenoxy) is 1. The number of hydrogen-bond acceptors (Lipinski definition) is 2. The van der Waals surface area contributed by atoms with E-state index in [2.05, 4.69) is 22.9 Å². The maximum absolute atomic E-state index is 12.5. The van der Waals surface area contributed by atoms with Crippen LogP contribution in [0.25, 0.3) is 0 Å². The van der Waals surface area contributed by atoms with Crippen LogP contribution in [0.4, 0.5) is 0 Å². The Morgan fingerprint density at radius 1 is 1.42 bits per heavy atom. The van der Waals surface area contributed by atoms with Crippen molar-refractivity contribution in [3.8, 4) is 5.75 Å². The molecule has 0 aromatic heterocycles. The predicted octanol–water partition coefficient (Wildman–Crippen LogP) is 3.99. The van der Waals surface area contributed by atoms with E-state index >= 15 is 0 Å². The summed E-state index contributed by atoms with van der Waals surface area (Å²) in [5.41, 5.74) is 0.520.